The molecule has 3 heterocycles. The maximum absolute atomic E-state index is 14.3. The van der Waals surface area contributed by atoms with Gasteiger partial charge < -0.3 is 5.32 Å². The van der Waals surface area contributed by atoms with Gasteiger partial charge in [-0.05, 0) is 60.8 Å². The first-order valence-corrected chi connectivity index (χ1v) is 9.82. The molecule has 0 aliphatic carbocycles. The molecular formula is C22H22FN5O. The quantitative estimate of drug-likeness (QED) is 0.570. The average Bonchev–Trinajstić information content (AvgIpc) is 3.10. The van der Waals surface area contributed by atoms with E-state index in [4.69, 9.17) is 0 Å². The first-order chi connectivity index (χ1) is 14.0. The van der Waals surface area contributed by atoms with Crippen molar-refractivity contribution < 1.29 is 4.39 Å². The van der Waals surface area contributed by atoms with Crippen LogP contribution >= 0.6 is 0 Å². The summed E-state index contributed by atoms with van der Waals surface area (Å²) in [5, 5.41) is 14.2. The molecule has 5 rings (SSSR count). The van der Waals surface area contributed by atoms with Crippen molar-refractivity contribution in [3.05, 3.63) is 58.6 Å². The Balaban J connectivity index is 1.59. The molecule has 0 saturated carbocycles. The van der Waals surface area contributed by atoms with Crippen LogP contribution in [0, 0.1) is 6.92 Å². The number of rotatable bonds is 2. The van der Waals surface area contributed by atoms with Gasteiger partial charge >= 0.3 is 0 Å². The Morgan fingerprint density at radius 3 is 2.83 bits per heavy atom. The zero-order valence-electron chi connectivity index (χ0n) is 16.4. The van der Waals surface area contributed by atoms with Crippen LogP contribution in [0.25, 0.3) is 32.8 Å². The molecule has 0 radical (unpaired) electrons. The number of alkyl halides is 1. The first kappa shape index (κ1) is 18.0. The largest absolute Gasteiger partial charge is 0.314 e. The maximum Gasteiger partial charge on any atom is 0.274 e. The van der Waals surface area contributed by atoms with Gasteiger partial charge in [0.1, 0.15) is 6.17 Å². The number of fused-ring (bicyclic) bond motifs is 2. The molecule has 6 nitrogen and oxygen atoms in total. The average molecular weight is 391 g/mol. The van der Waals surface area contributed by atoms with Gasteiger partial charge in [0, 0.05) is 30.6 Å². The molecule has 4 aromatic rings. The lowest BCUT2D eigenvalue weighted by Gasteiger charge is -2.27. The van der Waals surface area contributed by atoms with Crippen LogP contribution in [0.4, 0.5) is 4.39 Å². The molecule has 2 atom stereocenters. The summed E-state index contributed by atoms with van der Waals surface area (Å²) in [6, 6.07) is 9.44. The van der Waals surface area contributed by atoms with Gasteiger partial charge in [-0.15, -0.1) is 0 Å². The number of aromatic nitrogens is 4. The van der Waals surface area contributed by atoms with Crippen molar-refractivity contribution in [1.29, 1.82) is 0 Å². The summed E-state index contributed by atoms with van der Waals surface area (Å²) in [5.74, 6) is 0. The van der Waals surface area contributed by atoms with Crippen molar-refractivity contribution in [2.75, 3.05) is 13.1 Å². The van der Waals surface area contributed by atoms with Crippen LogP contribution in [-0.2, 0) is 7.05 Å². The highest BCUT2D eigenvalue weighted by molar-refractivity contribution is 5.90. The van der Waals surface area contributed by atoms with E-state index < -0.39 is 12.2 Å². The second kappa shape index (κ2) is 6.77. The monoisotopic (exact) mass is 391 g/mol. The Kier molecular flexibility index (Phi) is 4.20. The van der Waals surface area contributed by atoms with Crippen LogP contribution in [-0.4, -0.2) is 38.8 Å². The SMILES string of the molecule is Cc1cc(-c2ccc3c(=O)n([C@@H]4CCNC[C@H]4F)ncc3c2)cc2cn(C)nc12. The second-order valence-corrected chi connectivity index (χ2v) is 7.81. The minimum absolute atomic E-state index is 0.234. The number of piperidine rings is 1. The van der Waals surface area contributed by atoms with Crippen LogP contribution < -0.4 is 10.9 Å². The number of halogens is 1. The van der Waals surface area contributed by atoms with E-state index in [0.717, 1.165) is 33.0 Å². The van der Waals surface area contributed by atoms with Gasteiger partial charge in [0.15, 0.2) is 0 Å². The normalized spacial score (nSPS) is 19.8. The molecule has 0 bridgehead atoms. The van der Waals surface area contributed by atoms with E-state index in [-0.39, 0.29) is 12.1 Å². The van der Waals surface area contributed by atoms with Crippen LogP contribution in [0.15, 0.2) is 47.5 Å². The van der Waals surface area contributed by atoms with E-state index in [2.05, 4.69) is 27.6 Å². The van der Waals surface area contributed by atoms with E-state index in [0.29, 0.717) is 18.4 Å². The standard InChI is InChI=1S/C22H22FN5O/c1-13-7-15(9-17-12-27(2)26-21(13)17)14-3-4-18-16(8-14)10-25-28(22(18)29)20-5-6-24-11-19(20)23/h3-4,7-10,12,19-20,24H,5-6,11H2,1-2H3/t19-,20-/m1/s1. The summed E-state index contributed by atoms with van der Waals surface area (Å²) in [6.07, 6.45) is 3.12. The zero-order chi connectivity index (χ0) is 20.1. The fourth-order valence-electron chi connectivity index (χ4n) is 4.26. The Bertz CT molecular complexity index is 1290. The molecule has 7 heteroatoms. The molecule has 148 valence electrons. The Labute approximate surface area is 167 Å². The maximum atomic E-state index is 14.3. The summed E-state index contributed by atoms with van der Waals surface area (Å²) in [7, 11) is 1.91. The fraction of sp³-hybridized carbons (Fsp3) is 0.318. The molecule has 2 aromatic heterocycles. The summed E-state index contributed by atoms with van der Waals surface area (Å²) in [5.41, 5.74) is 3.94. The van der Waals surface area contributed by atoms with Gasteiger partial charge in [0.2, 0.25) is 0 Å². The number of aryl methyl sites for hydroxylation is 2. The van der Waals surface area contributed by atoms with Crippen molar-refractivity contribution in [3.8, 4) is 11.1 Å². The van der Waals surface area contributed by atoms with Gasteiger partial charge in [0.25, 0.3) is 5.56 Å². The lowest BCUT2D eigenvalue weighted by molar-refractivity contribution is 0.169. The molecule has 29 heavy (non-hydrogen) atoms. The van der Waals surface area contributed by atoms with Crippen LogP contribution in [0.1, 0.15) is 18.0 Å². The predicted molar refractivity (Wildman–Crippen MR) is 112 cm³/mol. The molecule has 1 N–H and O–H groups in total. The van der Waals surface area contributed by atoms with Gasteiger partial charge in [-0.3, -0.25) is 9.48 Å². The van der Waals surface area contributed by atoms with E-state index in [1.165, 1.54) is 4.68 Å². The molecule has 1 aliphatic heterocycles. The van der Waals surface area contributed by atoms with Crippen molar-refractivity contribution in [1.82, 2.24) is 24.9 Å². The Morgan fingerprint density at radius 2 is 2.00 bits per heavy atom. The van der Waals surface area contributed by atoms with Crippen LogP contribution in [0.2, 0.25) is 0 Å². The van der Waals surface area contributed by atoms with Crippen molar-refractivity contribution in [2.24, 2.45) is 7.05 Å². The highest BCUT2D eigenvalue weighted by atomic mass is 19.1. The molecule has 0 amide bonds. The van der Waals surface area contributed by atoms with Crippen molar-refractivity contribution in [2.45, 2.75) is 25.6 Å². The molecule has 1 saturated heterocycles. The molecule has 1 aliphatic rings. The molecule has 0 spiro atoms. The van der Waals surface area contributed by atoms with Gasteiger partial charge in [0.05, 0.1) is 23.1 Å². The summed E-state index contributed by atoms with van der Waals surface area (Å²) < 4.78 is 17.4. The van der Waals surface area contributed by atoms with Gasteiger partial charge in [-0.2, -0.15) is 10.2 Å². The van der Waals surface area contributed by atoms with Crippen molar-refractivity contribution in [3.63, 3.8) is 0 Å². The van der Waals surface area contributed by atoms with E-state index >= 15 is 0 Å². The van der Waals surface area contributed by atoms with E-state index in [1.54, 1.807) is 6.20 Å². The predicted octanol–water partition coefficient (Wildman–Crippen LogP) is 3.13. The fourth-order valence-corrected chi connectivity index (χ4v) is 4.26. The summed E-state index contributed by atoms with van der Waals surface area (Å²) in [6.45, 7) is 2.99. The van der Waals surface area contributed by atoms with Gasteiger partial charge in [-0.25, -0.2) is 9.07 Å². The number of hydrogen-bond acceptors (Lipinski definition) is 4. The minimum atomic E-state index is -1.11. The van der Waals surface area contributed by atoms with E-state index in [9.17, 15) is 9.18 Å². The molecule has 1 fully saturated rings. The van der Waals surface area contributed by atoms with Crippen LogP contribution in [0.5, 0.6) is 0 Å². The first-order valence-electron chi connectivity index (χ1n) is 9.82. The summed E-state index contributed by atoms with van der Waals surface area (Å²) in [4.78, 5) is 13.0. The lowest BCUT2D eigenvalue weighted by atomic mass is 9.99. The number of hydrogen-bond donors (Lipinski definition) is 1. The third-order valence-electron chi connectivity index (χ3n) is 5.75. The summed E-state index contributed by atoms with van der Waals surface area (Å²) >= 11 is 0. The minimum Gasteiger partial charge on any atom is -0.314 e. The van der Waals surface area contributed by atoms with Crippen LogP contribution in [0.3, 0.4) is 0 Å². The topological polar surface area (TPSA) is 64.7 Å². The van der Waals surface area contributed by atoms with Gasteiger partial charge in [-0.1, -0.05) is 6.07 Å². The highest BCUT2D eigenvalue weighted by Crippen LogP contribution is 2.29. The Hall–Kier alpha value is -3.06. The third kappa shape index (κ3) is 3.02. The smallest absolute Gasteiger partial charge is 0.274 e. The van der Waals surface area contributed by atoms with Crippen molar-refractivity contribution >= 4 is 21.7 Å². The third-order valence-corrected chi connectivity index (χ3v) is 5.75. The Morgan fingerprint density at radius 1 is 1.17 bits per heavy atom. The second-order valence-electron chi connectivity index (χ2n) is 7.81. The molecule has 2 aromatic carbocycles. The highest BCUT2D eigenvalue weighted by Gasteiger charge is 2.28. The lowest BCUT2D eigenvalue weighted by Crippen LogP contribution is -2.43. The number of nitrogens with one attached hydrogen (secondary N) is 1. The van der Waals surface area contributed by atoms with E-state index in [1.807, 2.05) is 43.0 Å². The number of nitrogens with zero attached hydrogens (tertiary/aromatic N) is 4. The zero-order valence-corrected chi connectivity index (χ0v) is 16.4. The molecule has 0 unspecified atom stereocenters. The molecular weight excluding hydrogens is 369 g/mol. The number of benzene rings is 2.